The Balaban J connectivity index is 0.000000240. The van der Waals surface area contributed by atoms with Gasteiger partial charge in [-0.3, -0.25) is 18.9 Å². The van der Waals surface area contributed by atoms with Crippen LogP contribution in [0.1, 0.15) is 6.92 Å². The van der Waals surface area contributed by atoms with Crippen molar-refractivity contribution < 1.29 is 35.4 Å². The van der Waals surface area contributed by atoms with Gasteiger partial charge < -0.3 is 9.47 Å². The largest absolute Gasteiger partial charge is 0.379 e. The fourth-order valence-corrected chi connectivity index (χ4v) is 3.28. The topological polar surface area (TPSA) is 134 Å². The van der Waals surface area contributed by atoms with Crippen LogP contribution in [0.3, 0.4) is 0 Å². The van der Waals surface area contributed by atoms with E-state index in [-0.39, 0.29) is 5.75 Å². The molecule has 2 heterocycles. The Hall–Kier alpha value is -0.340. The minimum absolute atomic E-state index is 0.188. The zero-order chi connectivity index (χ0) is 18.2. The summed E-state index contributed by atoms with van der Waals surface area (Å²) in [7, 11) is -7.74. The molecule has 1 atom stereocenters. The van der Waals surface area contributed by atoms with Crippen LogP contribution in [0.2, 0.25) is 0 Å². The third-order valence-corrected chi connectivity index (χ3v) is 5.62. The van der Waals surface area contributed by atoms with Crippen molar-refractivity contribution in [2.45, 2.75) is 12.3 Å². The molecule has 0 aliphatic carbocycles. The van der Waals surface area contributed by atoms with E-state index in [0.29, 0.717) is 46.1 Å². The molecule has 0 aromatic heterocycles. The number of nitrogens with zero attached hydrogens (tertiary/aromatic N) is 2. The van der Waals surface area contributed by atoms with Gasteiger partial charge in [0.1, 0.15) is 5.37 Å². The SMILES string of the molecule is CC(N1CCOCC1)S(=O)(=O)O.O=S(=O)(O)CCN1CCOCC1. The molecule has 0 aromatic carbocycles. The van der Waals surface area contributed by atoms with E-state index in [1.54, 1.807) is 4.90 Å². The average molecular weight is 390 g/mol. The highest BCUT2D eigenvalue weighted by molar-refractivity contribution is 7.86. The lowest BCUT2D eigenvalue weighted by Crippen LogP contribution is -2.45. The van der Waals surface area contributed by atoms with Gasteiger partial charge in [0.25, 0.3) is 20.2 Å². The van der Waals surface area contributed by atoms with E-state index in [0.717, 1.165) is 13.1 Å². The molecule has 2 rings (SSSR count). The first-order valence-corrected chi connectivity index (χ1v) is 10.7. The maximum atomic E-state index is 10.7. The molecule has 0 amide bonds. The first-order valence-electron chi connectivity index (χ1n) is 7.63. The second kappa shape index (κ2) is 9.97. The highest BCUT2D eigenvalue weighted by Gasteiger charge is 2.26. The fourth-order valence-electron chi connectivity index (χ4n) is 2.20. The third kappa shape index (κ3) is 9.22. The molecule has 0 radical (unpaired) electrons. The number of hydrogen-bond donors (Lipinski definition) is 2. The van der Waals surface area contributed by atoms with Gasteiger partial charge in [0.2, 0.25) is 0 Å². The van der Waals surface area contributed by atoms with Crippen molar-refractivity contribution >= 4 is 20.2 Å². The van der Waals surface area contributed by atoms with E-state index in [1.165, 1.54) is 6.92 Å². The molecule has 0 bridgehead atoms. The monoisotopic (exact) mass is 390 g/mol. The average Bonchev–Trinajstić information content (AvgIpc) is 2.53. The van der Waals surface area contributed by atoms with Crippen molar-refractivity contribution in [2.24, 2.45) is 0 Å². The maximum Gasteiger partial charge on any atom is 0.280 e. The van der Waals surface area contributed by atoms with Gasteiger partial charge in [0.05, 0.1) is 32.2 Å². The van der Waals surface area contributed by atoms with Crippen LogP contribution in [0.25, 0.3) is 0 Å². The molecule has 2 saturated heterocycles. The van der Waals surface area contributed by atoms with Crippen LogP contribution < -0.4 is 0 Å². The molecule has 24 heavy (non-hydrogen) atoms. The van der Waals surface area contributed by atoms with E-state index >= 15 is 0 Å². The zero-order valence-corrected chi connectivity index (χ0v) is 15.3. The first-order chi connectivity index (χ1) is 11.1. The first kappa shape index (κ1) is 21.7. The summed E-state index contributed by atoms with van der Waals surface area (Å²) in [6, 6.07) is 0. The van der Waals surface area contributed by atoms with Crippen LogP contribution in [0.5, 0.6) is 0 Å². The standard InChI is InChI=1S/2C6H13NO4S/c1-6(12(8,9)10)7-2-4-11-5-3-7;8-12(9,10)6-3-7-1-4-11-5-2-7/h6H,2-5H2,1H3,(H,8,9,10);1-6H2,(H,8,9,10). The highest BCUT2D eigenvalue weighted by atomic mass is 32.2. The molecule has 12 heteroatoms. The minimum Gasteiger partial charge on any atom is -0.379 e. The summed E-state index contributed by atoms with van der Waals surface area (Å²) in [5, 5.41) is -0.818. The van der Waals surface area contributed by atoms with Gasteiger partial charge in [0, 0.05) is 32.7 Å². The normalized spacial score (nSPS) is 22.5. The molecule has 2 N–H and O–H groups in total. The van der Waals surface area contributed by atoms with Crippen LogP contribution in [-0.2, 0) is 29.7 Å². The fraction of sp³-hybridized carbons (Fsp3) is 1.00. The molecule has 2 aliphatic heterocycles. The lowest BCUT2D eigenvalue weighted by atomic mass is 10.4. The van der Waals surface area contributed by atoms with Crippen LogP contribution in [-0.4, -0.2) is 106 Å². The van der Waals surface area contributed by atoms with Gasteiger partial charge in [-0.1, -0.05) is 0 Å². The summed E-state index contributed by atoms with van der Waals surface area (Å²) in [6.45, 7) is 6.81. The van der Waals surface area contributed by atoms with Crippen molar-refractivity contribution in [3.63, 3.8) is 0 Å². The molecular weight excluding hydrogens is 364 g/mol. The summed E-state index contributed by atoms with van der Waals surface area (Å²) < 4.78 is 69.5. The van der Waals surface area contributed by atoms with Crippen LogP contribution in [0, 0.1) is 0 Å². The number of ether oxygens (including phenoxy) is 2. The van der Waals surface area contributed by atoms with Crippen molar-refractivity contribution in [3.8, 4) is 0 Å². The highest BCUT2D eigenvalue weighted by Crippen LogP contribution is 2.07. The molecule has 1 unspecified atom stereocenters. The summed E-state index contributed by atoms with van der Waals surface area (Å²) in [4.78, 5) is 3.64. The lowest BCUT2D eigenvalue weighted by molar-refractivity contribution is 0.0325. The van der Waals surface area contributed by atoms with Crippen molar-refractivity contribution in [3.05, 3.63) is 0 Å². The van der Waals surface area contributed by atoms with Gasteiger partial charge in [-0.2, -0.15) is 16.8 Å². The van der Waals surface area contributed by atoms with E-state index in [9.17, 15) is 16.8 Å². The molecule has 2 fully saturated rings. The Morgan fingerprint density at radius 3 is 1.79 bits per heavy atom. The Kier molecular flexibility index (Phi) is 9.01. The summed E-state index contributed by atoms with van der Waals surface area (Å²) in [5.74, 6) is -0.188. The van der Waals surface area contributed by atoms with Gasteiger partial charge >= 0.3 is 0 Å². The summed E-state index contributed by atoms with van der Waals surface area (Å²) in [6.07, 6.45) is 0. The van der Waals surface area contributed by atoms with Gasteiger partial charge in [0.15, 0.2) is 0 Å². The molecule has 144 valence electrons. The minimum atomic E-state index is -3.93. The van der Waals surface area contributed by atoms with Gasteiger partial charge in [-0.25, -0.2) is 0 Å². The second-order valence-corrected chi connectivity index (χ2v) is 8.79. The van der Waals surface area contributed by atoms with Gasteiger partial charge in [-0.15, -0.1) is 0 Å². The van der Waals surface area contributed by atoms with Crippen LogP contribution >= 0.6 is 0 Å². The van der Waals surface area contributed by atoms with Crippen LogP contribution in [0.15, 0.2) is 0 Å². The second-order valence-electron chi connectivity index (χ2n) is 5.50. The molecule has 0 aromatic rings. The smallest absolute Gasteiger partial charge is 0.280 e. The Morgan fingerprint density at radius 2 is 1.38 bits per heavy atom. The summed E-state index contributed by atoms with van der Waals surface area (Å²) in [5.41, 5.74) is 0. The Morgan fingerprint density at radius 1 is 0.917 bits per heavy atom. The maximum absolute atomic E-state index is 10.7. The lowest BCUT2D eigenvalue weighted by Gasteiger charge is -2.30. The Bertz CT molecular complexity index is 554. The molecule has 2 aliphatic rings. The van der Waals surface area contributed by atoms with Gasteiger partial charge in [-0.05, 0) is 6.92 Å². The predicted molar refractivity (Wildman–Crippen MR) is 87.1 cm³/mol. The number of rotatable bonds is 5. The van der Waals surface area contributed by atoms with Crippen molar-refractivity contribution in [2.75, 3.05) is 64.9 Å². The predicted octanol–water partition coefficient (Wildman–Crippen LogP) is -1.24. The number of hydrogen-bond acceptors (Lipinski definition) is 8. The molecule has 10 nitrogen and oxygen atoms in total. The van der Waals surface area contributed by atoms with E-state index in [1.807, 2.05) is 4.90 Å². The zero-order valence-electron chi connectivity index (χ0n) is 13.7. The Labute approximate surface area is 143 Å². The summed E-state index contributed by atoms with van der Waals surface area (Å²) >= 11 is 0. The van der Waals surface area contributed by atoms with E-state index < -0.39 is 25.6 Å². The molecule has 0 spiro atoms. The van der Waals surface area contributed by atoms with Crippen molar-refractivity contribution in [1.29, 1.82) is 0 Å². The number of morpholine rings is 2. The van der Waals surface area contributed by atoms with E-state index in [2.05, 4.69) is 0 Å². The van der Waals surface area contributed by atoms with Crippen LogP contribution in [0.4, 0.5) is 0 Å². The van der Waals surface area contributed by atoms with E-state index in [4.69, 9.17) is 18.6 Å². The quantitative estimate of drug-likeness (QED) is 0.549. The third-order valence-electron chi connectivity index (χ3n) is 3.76. The molecular formula is C12H26N2O8S2. The van der Waals surface area contributed by atoms with Crippen molar-refractivity contribution in [1.82, 2.24) is 9.80 Å². The molecule has 0 saturated carbocycles.